The molecular weight excluding hydrogens is 296 g/mol. The molecule has 0 saturated heterocycles. The van der Waals surface area contributed by atoms with Gasteiger partial charge in [0.25, 0.3) is 0 Å². The maximum Gasteiger partial charge on any atom is 0.317 e. The summed E-state index contributed by atoms with van der Waals surface area (Å²) in [5.41, 5.74) is 1.03. The van der Waals surface area contributed by atoms with Crippen LogP contribution in [0.25, 0.3) is 0 Å². The predicted molar refractivity (Wildman–Crippen MR) is 91.3 cm³/mol. The highest BCUT2D eigenvalue weighted by Crippen LogP contribution is 2.23. The van der Waals surface area contributed by atoms with E-state index >= 15 is 0 Å². The molecule has 0 radical (unpaired) electrons. The molecule has 1 unspecified atom stereocenters. The van der Waals surface area contributed by atoms with Crippen LogP contribution < -0.4 is 10.2 Å². The summed E-state index contributed by atoms with van der Waals surface area (Å²) in [6, 6.07) is 7.92. The zero-order valence-corrected chi connectivity index (χ0v) is 14.2. The molecule has 0 bridgehead atoms. The number of hydrogen-bond donors (Lipinski definition) is 1. The number of nitrogens with zero attached hydrogens (tertiary/aromatic N) is 3. The molecule has 0 fully saturated rings. The van der Waals surface area contributed by atoms with Crippen molar-refractivity contribution < 1.29 is 4.79 Å². The molecule has 2 heterocycles. The Morgan fingerprint density at radius 3 is 2.77 bits per heavy atom. The lowest BCUT2D eigenvalue weighted by Crippen LogP contribution is -2.38. The van der Waals surface area contributed by atoms with Gasteiger partial charge in [0.15, 0.2) is 0 Å². The van der Waals surface area contributed by atoms with Gasteiger partial charge in [-0.2, -0.15) is 0 Å². The van der Waals surface area contributed by atoms with Crippen molar-refractivity contribution in [1.29, 1.82) is 0 Å². The van der Waals surface area contributed by atoms with Crippen LogP contribution >= 0.6 is 11.3 Å². The quantitative estimate of drug-likeness (QED) is 0.921. The van der Waals surface area contributed by atoms with E-state index in [1.807, 2.05) is 62.6 Å². The number of anilines is 1. The van der Waals surface area contributed by atoms with Crippen molar-refractivity contribution in [3.05, 3.63) is 46.3 Å². The van der Waals surface area contributed by atoms with Crippen LogP contribution in [0.2, 0.25) is 0 Å². The van der Waals surface area contributed by atoms with E-state index in [0.29, 0.717) is 6.54 Å². The molecule has 0 aliphatic carbocycles. The van der Waals surface area contributed by atoms with Crippen molar-refractivity contribution in [3.8, 4) is 0 Å². The highest BCUT2D eigenvalue weighted by atomic mass is 32.1. The van der Waals surface area contributed by atoms with Gasteiger partial charge in [0.2, 0.25) is 0 Å². The molecule has 0 saturated carbocycles. The van der Waals surface area contributed by atoms with Crippen molar-refractivity contribution in [2.75, 3.05) is 26.0 Å². The van der Waals surface area contributed by atoms with E-state index in [-0.39, 0.29) is 12.1 Å². The standard InChI is InChI=1S/C16H22N4OS/c1-12(14-6-5-9-22-14)20(4)16(21)18-11-13-7-8-17-15(10-13)19(2)3/h5-10,12H,11H2,1-4H3,(H,18,21). The summed E-state index contributed by atoms with van der Waals surface area (Å²) in [5, 5.41) is 4.98. The number of thiophene rings is 1. The van der Waals surface area contributed by atoms with Crippen LogP contribution in [0.1, 0.15) is 23.4 Å². The average Bonchev–Trinajstić information content (AvgIpc) is 3.05. The molecule has 2 rings (SSSR count). The lowest BCUT2D eigenvalue weighted by molar-refractivity contribution is 0.194. The number of aromatic nitrogens is 1. The molecule has 1 atom stereocenters. The number of nitrogens with one attached hydrogen (secondary N) is 1. The molecule has 0 aliphatic rings. The third-order valence-corrected chi connectivity index (χ3v) is 4.61. The van der Waals surface area contributed by atoms with Gasteiger partial charge in [0, 0.05) is 38.8 Å². The van der Waals surface area contributed by atoms with Crippen molar-refractivity contribution >= 4 is 23.2 Å². The summed E-state index contributed by atoms with van der Waals surface area (Å²) < 4.78 is 0. The normalized spacial score (nSPS) is 11.8. The number of urea groups is 1. The Hall–Kier alpha value is -2.08. The van der Waals surface area contributed by atoms with Gasteiger partial charge in [-0.3, -0.25) is 0 Å². The van der Waals surface area contributed by atoms with Gasteiger partial charge in [-0.15, -0.1) is 11.3 Å². The van der Waals surface area contributed by atoms with Crippen molar-refractivity contribution in [3.63, 3.8) is 0 Å². The van der Waals surface area contributed by atoms with Gasteiger partial charge >= 0.3 is 6.03 Å². The largest absolute Gasteiger partial charge is 0.363 e. The molecule has 2 aromatic heterocycles. The minimum Gasteiger partial charge on any atom is -0.363 e. The van der Waals surface area contributed by atoms with E-state index in [1.165, 1.54) is 4.88 Å². The van der Waals surface area contributed by atoms with E-state index in [9.17, 15) is 4.79 Å². The Morgan fingerprint density at radius 1 is 1.36 bits per heavy atom. The SMILES string of the molecule is CC(c1cccs1)N(C)C(=O)NCc1ccnc(N(C)C)c1. The number of carbonyl (C=O) groups excluding carboxylic acids is 1. The fraction of sp³-hybridized carbons (Fsp3) is 0.375. The van der Waals surface area contributed by atoms with E-state index in [1.54, 1.807) is 22.4 Å². The Balaban J connectivity index is 1.93. The van der Waals surface area contributed by atoms with E-state index in [0.717, 1.165) is 11.4 Å². The second-order valence-corrected chi connectivity index (χ2v) is 6.36. The minimum atomic E-state index is -0.0795. The van der Waals surface area contributed by atoms with Crippen LogP contribution in [0.5, 0.6) is 0 Å². The van der Waals surface area contributed by atoms with E-state index in [2.05, 4.69) is 10.3 Å². The zero-order valence-electron chi connectivity index (χ0n) is 13.4. The van der Waals surface area contributed by atoms with Gasteiger partial charge in [-0.1, -0.05) is 6.07 Å². The van der Waals surface area contributed by atoms with Crippen molar-refractivity contribution in [2.45, 2.75) is 19.5 Å². The van der Waals surface area contributed by atoms with E-state index < -0.39 is 0 Å². The molecule has 5 nitrogen and oxygen atoms in total. The molecule has 6 heteroatoms. The molecule has 0 aromatic carbocycles. The van der Waals surface area contributed by atoms with Gasteiger partial charge in [0.1, 0.15) is 5.82 Å². The molecule has 1 N–H and O–H groups in total. The first-order valence-electron chi connectivity index (χ1n) is 7.15. The maximum atomic E-state index is 12.3. The molecule has 2 aromatic rings. The monoisotopic (exact) mass is 318 g/mol. The molecule has 22 heavy (non-hydrogen) atoms. The summed E-state index contributed by atoms with van der Waals surface area (Å²) in [7, 11) is 5.71. The second-order valence-electron chi connectivity index (χ2n) is 5.38. The fourth-order valence-electron chi connectivity index (χ4n) is 2.01. The summed E-state index contributed by atoms with van der Waals surface area (Å²) >= 11 is 1.66. The first kappa shape index (κ1) is 16.3. The van der Waals surface area contributed by atoms with Crippen LogP contribution in [0.15, 0.2) is 35.8 Å². The number of amides is 2. The highest BCUT2D eigenvalue weighted by molar-refractivity contribution is 7.10. The molecular formula is C16H22N4OS. The first-order valence-corrected chi connectivity index (χ1v) is 8.03. The van der Waals surface area contributed by atoms with Crippen LogP contribution in [0, 0.1) is 0 Å². The lowest BCUT2D eigenvalue weighted by Gasteiger charge is -2.24. The first-order chi connectivity index (χ1) is 10.5. The third kappa shape index (κ3) is 3.98. The van der Waals surface area contributed by atoms with Gasteiger partial charge in [-0.25, -0.2) is 9.78 Å². The summed E-state index contributed by atoms with van der Waals surface area (Å²) in [4.78, 5) is 21.4. The van der Waals surface area contributed by atoms with Crippen molar-refractivity contribution in [1.82, 2.24) is 15.2 Å². The maximum absolute atomic E-state index is 12.3. The third-order valence-electron chi connectivity index (χ3n) is 3.57. The summed E-state index contributed by atoms with van der Waals surface area (Å²) in [6.07, 6.45) is 1.76. The number of carbonyl (C=O) groups is 1. The van der Waals surface area contributed by atoms with Gasteiger partial charge in [-0.05, 0) is 36.1 Å². The summed E-state index contributed by atoms with van der Waals surface area (Å²) in [6.45, 7) is 2.52. The van der Waals surface area contributed by atoms with Crippen molar-refractivity contribution in [2.24, 2.45) is 0 Å². The highest BCUT2D eigenvalue weighted by Gasteiger charge is 2.17. The summed E-state index contributed by atoms with van der Waals surface area (Å²) in [5.74, 6) is 0.882. The lowest BCUT2D eigenvalue weighted by atomic mass is 10.2. The van der Waals surface area contributed by atoms with Crippen LogP contribution in [-0.4, -0.2) is 37.1 Å². The van der Waals surface area contributed by atoms with Crippen LogP contribution in [0.3, 0.4) is 0 Å². The smallest absolute Gasteiger partial charge is 0.317 e. The fourth-order valence-corrected chi connectivity index (χ4v) is 2.84. The molecule has 0 aliphatic heterocycles. The number of hydrogen-bond acceptors (Lipinski definition) is 4. The Kier molecular flexibility index (Phi) is 5.38. The van der Waals surface area contributed by atoms with Gasteiger partial charge < -0.3 is 15.1 Å². The minimum absolute atomic E-state index is 0.0646. The van der Waals surface area contributed by atoms with Gasteiger partial charge in [0.05, 0.1) is 6.04 Å². The molecule has 0 spiro atoms. The number of rotatable bonds is 5. The number of pyridine rings is 1. The zero-order chi connectivity index (χ0) is 16.1. The second kappa shape index (κ2) is 7.26. The Bertz CT molecular complexity index is 612. The van der Waals surface area contributed by atoms with Crippen LogP contribution in [0.4, 0.5) is 10.6 Å². The average molecular weight is 318 g/mol. The molecule has 2 amide bonds. The Labute approximate surface area is 135 Å². The predicted octanol–water partition coefficient (Wildman–Crippen LogP) is 3.11. The Morgan fingerprint density at radius 2 is 2.14 bits per heavy atom. The molecule has 118 valence electrons. The van der Waals surface area contributed by atoms with Crippen LogP contribution in [-0.2, 0) is 6.54 Å². The van der Waals surface area contributed by atoms with E-state index in [4.69, 9.17) is 0 Å². The topological polar surface area (TPSA) is 48.5 Å².